The van der Waals surface area contributed by atoms with Crippen LogP contribution in [0.2, 0.25) is 0 Å². The molecule has 86 valence electrons. The first-order valence-corrected chi connectivity index (χ1v) is 4.93. The third-order valence-electron chi connectivity index (χ3n) is 2.47. The first-order chi connectivity index (χ1) is 7.65. The number of primary amides is 1. The molecule has 0 aromatic carbocycles. The Morgan fingerprint density at radius 3 is 3.00 bits per heavy atom. The van der Waals surface area contributed by atoms with Crippen molar-refractivity contribution < 1.29 is 14.7 Å². The number of hydrogen-bond acceptors (Lipinski definition) is 4. The third kappa shape index (κ3) is 1.54. The number of amides is 2. The van der Waals surface area contributed by atoms with Crippen molar-refractivity contribution in [1.29, 1.82) is 0 Å². The molecule has 0 bridgehead atoms. The van der Waals surface area contributed by atoms with Crippen LogP contribution in [-0.2, 0) is 13.0 Å². The van der Waals surface area contributed by atoms with Crippen molar-refractivity contribution in [2.24, 2.45) is 5.73 Å². The maximum Gasteiger partial charge on any atom is 0.269 e. The van der Waals surface area contributed by atoms with E-state index >= 15 is 0 Å². The van der Waals surface area contributed by atoms with Gasteiger partial charge in [-0.25, -0.2) is 0 Å². The summed E-state index contributed by atoms with van der Waals surface area (Å²) in [5.74, 6) is -0.933. The lowest BCUT2D eigenvalue weighted by molar-refractivity contribution is 0.0933. The van der Waals surface area contributed by atoms with E-state index in [-0.39, 0.29) is 24.8 Å². The number of fused-ring (bicyclic) bond motifs is 1. The lowest BCUT2D eigenvalue weighted by atomic mass is 10.1. The van der Waals surface area contributed by atoms with E-state index in [1.807, 2.05) is 0 Å². The number of nitrogens with one attached hydrogen (secondary N) is 1. The minimum absolute atomic E-state index is 0.123. The van der Waals surface area contributed by atoms with Gasteiger partial charge in [0.25, 0.3) is 11.8 Å². The maximum absolute atomic E-state index is 11.6. The van der Waals surface area contributed by atoms with Gasteiger partial charge in [0.05, 0.1) is 13.2 Å². The van der Waals surface area contributed by atoms with Crippen LogP contribution in [0.5, 0.6) is 0 Å². The smallest absolute Gasteiger partial charge is 0.269 e. The van der Waals surface area contributed by atoms with Gasteiger partial charge in [-0.1, -0.05) is 0 Å². The van der Waals surface area contributed by atoms with E-state index in [2.05, 4.69) is 10.4 Å². The highest BCUT2D eigenvalue weighted by molar-refractivity contribution is 6.00. The summed E-state index contributed by atoms with van der Waals surface area (Å²) in [7, 11) is 0. The minimum atomic E-state index is -0.650. The molecule has 1 aliphatic rings. The molecule has 0 radical (unpaired) electrons. The molecule has 7 heteroatoms. The molecule has 0 spiro atoms. The van der Waals surface area contributed by atoms with E-state index in [0.717, 1.165) is 0 Å². The van der Waals surface area contributed by atoms with Gasteiger partial charge >= 0.3 is 0 Å². The predicted molar refractivity (Wildman–Crippen MR) is 53.9 cm³/mol. The van der Waals surface area contributed by atoms with Crippen LogP contribution in [0.15, 0.2) is 0 Å². The summed E-state index contributed by atoms with van der Waals surface area (Å²) < 4.78 is 1.32. The van der Waals surface area contributed by atoms with Crippen LogP contribution in [0, 0.1) is 0 Å². The third-order valence-corrected chi connectivity index (χ3v) is 2.47. The molecule has 16 heavy (non-hydrogen) atoms. The largest absolute Gasteiger partial charge is 0.394 e. The SMILES string of the molecule is NC(=O)c1nn(CCO)c2c1CCNC2=O. The summed E-state index contributed by atoms with van der Waals surface area (Å²) in [4.78, 5) is 22.8. The van der Waals surface area contributed by atoms with Crippen LogP contribution in [0.4, 0.5) is 0 Å². The number of rotatable bonds is 3. The van der Waals surface area contributed by atoms with Gasteiger partial charge in [0, 0.05) is 12.1 Å². The molecule has 0 atom stereocenters. The van der Waals surface area contributed by atoms with E-state index in [1.165, 1.54) is 4.68 Å². The van der Waals surface area contributed by atoms with Crippen LogP contribution >= 0.6 is 0 Å². The second-order valence-corrected chi connectivity index (χ2v) is 3.49. The number of hydrogen-bond donors (Lipinski definition) is 3. The fraction of sp³-hybridized carbons (Fsp3) is 0.444. The topological polar surface area (TPSA) is 110 Å². The van der Waals surface area contributed by atoms with Crippen molar-refractivity contribution >= 4 is 11.8 Å². The molecule has 7 nitrogen and oxygen atoms in total. The average Bonchev–Trinajstić information content (AvgIpc) is 2.59. The molecule has 2 amide bonds. The summed E-state index contributed by atoms with van der Waals surface area (Å²) in [6, 6.07) is 0. The molecule has 1 aromatic rings. The molecule has 0 unspecified atom stereocenters. The monoisotopic (exact) mass is 224 g/mol. The first-order valence-electron chi connectivity index (χ1n) is 4.93. The zero-order valence-electron chi connectivity index (χ0n) is 8.56. The maximum atomic E-state index is 11.6. The van der Waals surface area contributed by atoms with Gasteiger partial charge in [-0.15, -0.1) is 0 Å². The zero-order valence-corrected chi connectivity index (χ0v) is 8.56. The lowest BCUT2D eigenvalue weighted by Gasteiger charge is -2.14. The van der Waals surface area contributed by atoms with E-state index in [9.17, 15) is 9.59 Å². The first kappa shape index (κ1) is 10.6. The van der Waals surface area contributed by atoms with Gasteiger partial charge in [-0.2, -0.15) is 5.10 Å². The molecule has 2 heterocycles. The van der Waals surface area contributed by atoms with E-state index in [4.69, 9.17) is 10.8 Å². The summed E-state index contributed by atoms with van der Waals surface area (Å²) in [6.45, 7) is 0.486. The Labute approximate surface area is 91.2 Å². The van der Waals surface area contributed by atoms with Crippen LogP contribution in [0.1, 0.15) is 26.5 Å². The van der Waals surface area contributed by atoms with Crippen LogP contribution in [0.25, 0.3) is 0 Å². The van der Waals surface area contributed by atoms with E-state index in [1.54, 1.807) is 0 Å². The fourth-order valence-electron chi connectivity index (χ4n) is 1.83. The molecular weight excluding hydrogens is 212 g/mol. The van der Waals surface area contributed by atoms with Crippen LogP contribution in [-0.4, -0.2) is 39.9 Å². The second kappa shape index (κ2) is 3.93. The van der Waals surface area contributed by atoms with Crippen molar-refractivity contribution in [2.45, 2.75) is 13.0 Å². The number of aliphatic hydroxyl groups is 1. The molecule has 1 aliphatic heterocycles. The Bertz CT molecular complexity index is 452. The molecular formula is C9H12N4O3. The van der Waals surface area contributed by atoms with Gasteiger partial charge in [-0.3, -0.25) is 14.3 Å². The molecule has 4 N–H and O–H groups in total. The number of nitrogens with two attached hydrogens (primary N) is 1. The van der Waals surface area contributed by atoms with Crippen molar-refractivity contribution in [3.05, 3.63) is 17.0 Å². The quantitative estimate of drug-likeness (QED) is 0.566. The normalized spacial score (nSPS) is 14.4. The molecule has 1 aromatic heterocycles. The average molecular weight is 224 g/mol. The number of aliphatic hydroxyl groups excluding tert-OH is 1. The Morgan fingerprint density at radius 2 is 2.38 bits per heavy atom. The van der Waals surface area contributed by atoms with Crippen LogP contribution in [0.3, 0.4) is 0 Å². The standard InChI is InChI=1S/C9H12N4O3/c10-8(15)6-5-1-2-11-9(16)7(5)13(12-6)3-4-14/h14H,1-4H2,(H2,10,15)(H,11,16). The van der Waals surface area contributed by atoms with Gasteiger partial charge in [-0.05, 0) is 6.42 Å². The summed E-state index contributed by atoms with van der Waals surface area (Å²) in [5.41, 5.74) is 6.21. The Morgan fingerprint density at radius 1 is 1.62 bits per heavy atom. The van der Waals surface area contributed by atoms with Gasteiger partial charge in [0.2, 0.25) is 0 Å². The molecule has 0 aliphatic carbocycles. The van der Waals surface area contributed by atoms with E-state index in [0.29, 0.717) is 24.2 Å². The van der Waals surface area contributed by atoms with Gasteiger partial charge < -0.3 is 16.2 Å². The molecule has 0 saturated heterocycles. The number of aromatic nitrogens is 2. The lowest BCUT2D eigenvalue weighted by Crippen LogP contribution is -2.34. The Balaban J connectivity index is 2.55. The molecule has 0 fully saturated rings. The van der Waals surface area contributed by atoms with E-state index < -0.39 is 5.91 Å². The zero-order chi connectivity index (χ0) is 11.7. The fourth-order valence-corrected chi connectivity index (χ4v) is 1.83. The summed E-state index contributed by atoms with van der Waals surface area (Å²) >= 11 is 0. The second-order valence-electron chi connectivity index (χ2n) is 3.49. The molecule has 0 saturated carbocycles. The number of carbonyl (C=O) groups is 2. The van der Waals surface area contributed by atoms with Crippen molar-refractivity contribution in [3.63, 3.8) is 0 Å². The predicted octanol–water partition coefficient (Wildman–Crippen LogP) is -1.74. The summed E-state index contributed by atoms with van der Waals surface area (Å²) in [6.07, 6.45) is 0.533. The number of carbonyl (C=O) groups excluding carboxylic acids is 2. The highest BCUT2D eigenvalue weighted by Gasteiger charge is 2.28. The highest BCUT2D eigenvalue weighted by Crippen LogP contribution is 2.18. The van der Waals surface area contributed by atoms with Gasteiger partial charge in [0.1, 0.15) is 5.69 Å². The summed E-state index contributed by atoms with van der Waals surface area (Å²) in [5, 5.41) is 15.5. The number of nitrogens with zero attached hydrogens (tertiary/aromatic N) is 2. The minimum Gasteiger partial charge on any atom is -0.394 e. The van der Waals surface area contributed by atoms with Crippen LogP contribution < -0.4 is 11.1 Å². The Kier molecular flexibility index (Phi) is 2.61. The van der Waals surface area contributed by atoms with Crippen molar-refractivity contribution in [1.82, 2.24) is 15.1 Å². The van der Waals surface area contributed by atoms with Crippen molar-refractivity contribution in [2.75, 3.05) is 13.2 Å². The van der Waals surface area contributed by atoms with Gasteiger partial charge in [0.15, 0.2) is 5.69 Å². The molecule has 2 rings (SSSR count). The Hall–Kier alpha value is -1.89. The highest BCUT2D eigenvalue weighted by atomic mass is 16.3. The van der Waals surface area contributed by atoms with Crippen molar-refractivity contribution in [3.8, 4) is 0 Å².